The lowest BCUT2D eigenvalue weighted by atomic mass is 10.1. The molecule has 1 atom stereocenters. The quantitative estimate of drug-likeness (QED) is 0.705. The molecular weight excluding hydrogens is 296 g/mol. The maximum atomic E-state index is 12.5. The Morgan fingerprint density at radius 2 is 1.87 bits per heavy atom. The van der Waals surface area contributed by atoms with Crippen molar-refractivity contribution in [1.82, 2.24) is 20.4 Å². The van der Waals surface area contributed by atoms with Gasteiger partial charge in [-0.1, -0.05) is 12.8 Å². The highest BCUT2D eigenvalue weighted by Gasteiger charge is 2.33. The zero-order valence-electron chi connectivity index (χ0n) is 14.1. The zero-order valence-corrected chi connectivity index (χ0v) is 14.1. The molecule has 0 saturated carbocycles. The van der Waals surface area contributed by atoms with Gasteiger partial charge in [0.1, 0.15) is 6.04 Å². The van der Waals surface area contributed by atoms with Gasteiger partial charge in [0, 0.05) is 19.1 Å². The number of carbonyl (C=O) groups is 3. The van der Waals surface area contributed by atoms with Crippen molar-refractivity contribution >= 4 is 17.8 Å². The SMILES string of the molecule is CC(C)N(CCN1CCCCCC1)C(=O)CC1NC(=O)NC1=O. The van der Waals surface area contributed by atoms with Crippen molar-refractivity contribution in [1.29, 1.82) is 0 Å². The van der Waals surface area contributed by atoms with Crippen LogP contribution in [-0.4, -0.2) is 65.9 Å². The van der Waals surface area contributed by atoms with E-state index in [1.54, 1.807) is 0 Å². The Morgan fingerprint density at radius 1 is 1.22 bits per heavy atom. The molecule has 0 spiro atoms. The van der Waals surface area contributed by atoms with Gasteiger partial charge in [0.15, 0.2) is 0 Å². The van der Waals surface area contributed by atoms with E-state index in [0.29, 0.717) is 6.54 Å². The number of urea groups is 1. The summed E-state index contributed by atoms with van der Waals surface area (Å²) < 4.78 is 0. The highest BCUT2D eigenvalue weighted by molar-refractivity contribution is 6.05. The fourth-order valence-corrected chi connectivity index (χ4v) is 3.17. The normalized spacial score (nSPS) is 22.7. The molecule has 0 radical (unpaired) electrons. The maximum Gasteiger partial charge on any atom is 0.322 e. The van der Waals surface area contributed by atoms with Gasteiger partial charge >= 0.3 is 6.03 Å². The molecule has 7 heteroatoms. The summed E-state index contributed by atoms with van der Waals surface area (Å²) in [5.41, 5.74) is 0. The van der Waals surface area contributed by atoms with Crippen LogP contribution < -0.4 is 10.6 Å². The largest absolute Gasteiger partial charge is 0.339 e. The Labute approximate surface area is 137 Å². The number of rotatable bonds is 6. The molecule has 2 N–H and O–H groups in total. The number of hydrogen-bond acceptors (Lipinski definition) is 4. The minimum Gasteiger partial charge on any atom is -0.339 e. The third kappa shape index (κ3) is 5.20. The van der Waals surface area contributed by atoms with Gasteiger partial charge in [0.25, 0.3) is 5.91 Å². The fraction of sp³-hybridized carbons (Fsp3) is 0.812. The second kappa shape index (κ2) is 8.29. The van der Waals surface area contributed by atoms with Crippen molar-refractivity contribution in [2.24, 2.45) is 0 Å². The summed E-state index contributed by atoms with van der Waals surface area (Å²) in [6, 6.07) is -1.18. The van der Waals surface area contributed by atoms with Gasteiger partial charge in [-0.25, -0.2) is 4.79 Å². The Hall–Kier alpha value is -1.63. The van der Waals surface area contributed by atoms with Crippen molar-refractivity contribution in [2.45, 2.75) is 58.0 Å². The Balaban J connectivity index is 1.85. The Kier molecular flexibility index (Phi) is 6.38. The number of nitrogens with zero attached hydrogens (tertiary/aromatic N) is 2. The number of likely N-dealkylation sites (tertiary alicyclic amines) is 1. The number of hydrogen-bond donors (Lipinski definition) is 2. The highest BCUT2D eigenvalue weighted by Crippen LogP contribution is 2.11. The number of carbonyl (C=O) groups excluding carboxylic acids is 3. The monoisotopic (exact) mass is 324 g/mol. The molecule has 7 nitrogen and oxygen atoms in total. The van der Waals surface area contributed by atoms with Crippen molar-refractivity contribution in [3.05, 3.63) is 0 Å². The first kappa shape index (κ1) is 17.7. The highest BCUT2D eigenvalue weighted by atomic mass is 16.2. The number of imide groups is 1. The van der Waals surface area contributed by atoms with Crippen LogP contribution >= 0.6 is 0 Å². The van der Waals surface area contributed by atoms with E-state index in [1.807, 2.05) is 18.7 Å². The second-order valence-corrected chi connectivity index (χ2v) is 6.66. The summed E-state index contributed by atoms with van der Waals surface area (Å²) in [5.74, 6) is -0.503. The molecule has 23 heavy (non-hydrogen) atoms. The van der Waals surface area contributed by atoms with Crippen molar-refractivity contribution < 1.29 is 14.4 Å². The molecule has 2 rings (SSSR count). The maximum absolute atomic E-state index is 12.5. The zero-order chi connectivity index (χ0) is 16.8. The molecule has 0 aromatic heterocycles. The van der Waals surface area contributed by atoms with Gasteiger partial charge in [-0.05, 0) is 39.8 Å². The van der Waals surface area contributed by atoms with Crippen LogP contribution in [0.5, 0.6) is 0 Å². The summed E-state index contributed by atoms with van der Waals surface area (Å²) in [6.07, 6.45) is 5.06. The van der Waals surface area contributed by atoms with Gasteiger partial charge in [-0.15, -0.1) is 0 Å². The van der Waals surface area contributed by atoms with E-state index in [1.165, 1.54) is 25.7 Å². The molecule has 2 aliphatic heterocycles. The van der Waals surface area contributed by atoms with Crippen LogP contribution in [0.3, 0.4) is 0 Å². The van der Waals surface area contributed by atoms with Gasteiger partial charge in [0.2, 0.25) is 5.91 Å². The van der Waals surface area contributed by atoms with Gasteiger partial charge in [0.05, 0.1) is 6.42 Å². The van der Waals surface area contributed by atoms with E-state index >= 15 is 0 Å². The average molecular weight is 324 g/mol. The lowest BCUT2D eigenvalue weighted by molar-refractivity contribution is -0.135. The van der Waals surface area contributed by atoms with E-state index in [9.17, 15) is 14.4 Å². The van der Waals surface area contributed by atoms with Gasteiger partial charge in [-0.3, -0.25) is 14.9 Å². The molecule has 130 valence electrons. The van der Waals surface area contributed by atoms with Crippen molar-refractivity contribution in [3.63, 3.8) is 0 Å². The molecule has 2 aliphatic rings. The lowest BCUT2D eigenvalue weighted by Crippen LogP contribution is -2.45. The molecule has 1 unspecified atom stereocenters. The predicted octanol–water partition coefficient (Wildman–Crippen LogP) is 0.698. The standard InChI is InChI=1S/C16H28N4O3/c1-12(2)20(10-9-19-7-5-3-4-6-8-19)14(21)11-13-15(22)18-16(23)17-13/h12-13H,3-11H2,1-2H3,(H2,17,18,22,23). The fourth-order valence-electron chi connectivity index (χ4n) is 3.17. The van der Waals surface area contributed by atoms with Crippen molar-refractivity contribution in [2.75, 3.05) is 26.2 Å². The first-order valence-electron chi connectivity index (χ1n) is 8.60. The molecule has 2 heterocycles. The van der Waals surface area contributed by atoms with Crippen LogP contribution in [0.25, 0.3) is 0 Å². The van der Waals surface area contributed by atoms with E-state index in [-0.39, 0.29) is 18.4 Å². The Bertz CT molecular complexity index is 445. The molecule has 0 aliphatic carbocycles. The first-order chi connectivity index (χ1) is 11.0. The average Bonchev–Trinajstić information content (AvgIpc) is 2.68. The van der Waals surface area contributed by atoms with E-state index in [4.69, 9.17) is 0 Å². The molecular formula is C16H28N4O3. The lowest BCUT2D eigenvalue weighted by Gasteiger charge is -2.30. The number of amides is 4. The van der Waals surface area contributed by atoms with Crippen molar-refractivity contribution in [3.8, 4) is 0 Å². The minimum absolute atomic E-state index is 0.0236. The van der Waals surface area contributed by atoms with E-state index in [0.717, 1.165) is 19.6 Å². The van der Waals surface area contributed by atoms with Crippen LogP contribution in [0, 0.1) is 0 Å². The summed E-state index contributed by atoms with van der Waals surface area (Å²) >= 11 is 0. The summed E-state index contributed by atoms with van der Waals surface area (Å²) in [4.78, 5) is 39.5. The summed E-state index contributed by atoms with van der Waals surface area (Å²) in [5, 5.41) is 4.65. The summed E-state index contributed by atoms with van der Waals surface area (Å²) in [6.45, 7) is 7.69. The van der Waals surface area contributed by atoms with Crippen LogP contribution in [0.4, 0.5) is 4.79 Å². The third-order valence-corrected chi connectivity index (χ3v) is 4.54. The van der Waals surface area contributed by atoms with Gasteiger partial charge < -0.3 is 15.1 Å². The topological polar surface area (TPSA) is 81.8 Å². The smallest absolute Gasteiger partial charge is 0.322 e. The molecule has 4 amide bonds. The van der Waals surface area contributed by atoms with Crippen LogP contribution in [-0.2, 0) is 9.59 Å². The van der Waals surface area contributed by atoms with Crippen LogP contribution in [0.2, 0.25) is 0 Å². The van der Waals surface area contributed by atoms with E-state index < -0.39 is 18.0 Å². The third-order valence-electron chi connectivity index (χ3n) is 4.54. The molecule has 2 fully saturated rings. The number of nitrogens with one attached hydrogen (secondary N) is 2. The minimum atomic E-state index is -0.741. The molecule has 2 saturated heterocycles. The molecule has 0 aromatic rings. The Morgan fingerprint density at radius 3 is 2.39 bits per heavy atom. The van der Waals surface area contributed by atoms with E-state index in [2.05, 4.69) is 15.5 Å². The van der Waals surface area contributed by atoms with Crippen LogP contribution in [0.15, 0.2) is 0 Å². The molecule has 0 bridgehead atoms. The predicted molar refractivity (Wildman–Crippen MR) is 86.8 cm³/mol. The molecule has 0 aromatic carbocycles. The van der Waals surface area contributed by atoms with Crippen LogP contribution in [0.1, 0.15) is 46.0 Å². The van der Waals surface area contributed by atoms with Gasteiger partial charge in [-0.2, -0.15) is 0 Å². The first-order valence-corrected chi connectivity index (χ1v) is 8.60. The second-order valence-electron chi connectivity index (χ2n) is 6.66. The summed E-state index contributed by atoms with van der Waals surface area (Å²) in [7, 11) is 0.